The number of hydrogen-bond acceptors (Lipinski definition) is 5. The van der Waals surface area contributed by atoms with Gasteiger partial charge in [-0.25, -0.2) is 9.07 Å². The maximum absolute atomic E-state index is 13.1. The number of carbonyl (C=O) groups is 1. The van der Waals surface area contributed by atoms with Crippen molar-refractivity contribution in [3.8, 4) is 5.69 Å². The van der Waals surface area contributed by atoms with Crippen molar-refractivity contribution < 1.29 is 14.1 Å². The molecule has 0 aliphatic carbocycles. The Hall–Kier alpha value is -3.46. The number of aryl methyl sites for hydroxylation is 1. The number of nitro benzene ring substituents is 1. The van der Waals surface area contributed by atoms with Crippen LogP contribution in [0.2, 0.25) is 5.15 Å². The van der Waals surface area contributed by atoms with Gasteiger partial charge in [-0.15, -0.1) is 0 Å². The number of para-hydroxylation sites is 2. The van der Waals surface area contributed by atoms with Crippen molar-refractivity contribution in [1.82, 2.24) is 15.1 Å². The van der Waals surface area contributed by atoms with Crippen molar-refractivity contribution in [3.63, 3.8) is 0 Å². The number of hydrogen-bond donors (Lipinski definition) is 2. The third kappa shape index (κ3) is 4.52. The second-order valence-electron chi connectivity index (χ2n) is 6.10. The first kappa shape index (κ1) is 20.3. The van der Waals surface area contributed by atoms with Gasteiger partial charge in [0.25, 0.3) is 11.6 Å². The maximum Gasteiger partial charge on any atom is 0.292 e. The molecule has 0 aliphatic heterocycles. The highest BCUT2D eigenvalue weighted by Crippen LogP contribution is 2.24. The molecule has 3 rings (SSSR count). The Morgan fingerprint density at radius 3 is 2.59 bits per heavy atom. The Labute approximate surface area is 170 Å². The molecule has 0 saturated carbocycles. The molecule has 29 heavy (non-hydrogen) atoms. The third-order valence-corrected chi connectivity index (χ3v) is 4.48. The number of nitro groups is 1. The highest BCUT2D eigenvalue weighted by Gasteiger charge is 2.21. The van der Waals surface area contributed by atoms with E-state index in [0.717, 1.165) is 0 Å². The van der Waals surface area contributed by atoms with Gasteiger partial charge in [-0.3, -0.25) is 14.9 Å². The zero-order chi connectivity index (χ0) is 21.0. The van der Waals surface area contributed by atoms with Crippen LogP contribution in [-0.2, 0) is 0 Å². The van der Waals surface area contributed by atoms with Gasteiger partial charge >= 0.3 is 0 Å². The summed E-state index contributed by atoms with van der Waals surface area (Å²) in [4.78, 5) is 23.1. The van der Waals surface area contributed by atoms with Gasteiger partial charge in [-0.1, -0.05) is 23.7 Å². The van der Waals surface area contributed by atoms with Crippen LogP contribution in [0.5, 0.6) is 0 Å². The number of halogens is 2. The summed E-state index contributed by atoms with van der Waals surface area (Å²) in [6.45, 7) is 2.13. The number of anilines is 1. The molecular formula is C19H17ClFN5O3. The molecule has 0 saturated heterocycles. The molecule has 1 heterocycles. The van der Waals surface area contributed by atoms with Crippen molar-refractivity contribution in [2.24, 2.45) is 0 Å². The first-order chi connectivity index (χ1) is 13.9. The van der Waals surface area contributed by atoms with E-state index in [1.54, 1.807) is 25.1 Å². The molecule has 0 spiro atoms. The lowest BCUT2D eigenvalue weighted by atomic mass is 10.2. The van der Waals surface area contributed by atoms with E-state index in [9.17, 15) is 19.3 Å². The summed E-state index contributed by atoms with van der Waals surface area (Å²) < 4.78 is 14.5. The minimum atomic E-state index is -0.478. The summed E-state index contributed by atoms with van der Waals surface area (Å²) >= 11 is 6.32. The van der Waals surface area contributed by atoms with Crippen LogP contribution in [0.15, 0.2) is 48.5 Å². The molecule has 0 atom stereocenters. The molecular weight excluding hydrogens is 401 g/mol. The van der Waals surface area contributed by atoms with Crippen LogP contribution in [0.4, 0.5) is 15.8 Å². The van der Waals surface area contributed by atoms with Crippen LogP contribution < -0.4 is 10.6 Å². The highest BCUT2D eigenvalue weighted by atomic mass is 35.5. The molecule has 1 amide bonds. The molecule has 2 N–H and O–H groups in total. The van der Waals surface area contributed by atoms with Gasteiger partial charge in [0.05, 0.1) is 21.9 Å². The summed E-state index contributed by atoms with van der Waals surface area (Å²) in [6, 6.07) is 11.8. The zero-order valence-corrected chi connectivity index (χ0v) is 16.1. The Bertz CT molecular complexity index is 1050. The number of nitrogens with one attached hydrogen (secondary N) is 2. The van der Waals surface area contributed by atoms with Gasteiger partial charge in [0.1, 0.15) is 16.7 Å². The van der Waals surface area contributed by atoms with Gasteiger partial charge < -0.3 is 10.6 Å². The quantitative estimate of drug-likeness (QED) is 0.346. The van der Waals surface area contributed by atoms with Crippen molar-refractivity contribution >= 4 is 28.9 Å². The predicted molar refractivity (Wildman–Crippen MR) is 107 cm³/mol. The number of amides is 1. The lowest BCUT2D eigenvalue weighted by molar-refractivity contribution is -0.384. The van der Waals surface area contributed by atoms with Crippen LogP contribution in [0.1, 0.15) is 16.1 Å². The van der Waals surface area contributed by atoms with Crippen molar-refractivity contribution in [3.05, 3.63) is 80.9 Å². The van der Waals surface area contributed by atoms with Crippen molar-refractivity contribution in [2.45, 2.75) is 6.92 Å². The van der Waals surface area contributed by atoms with E-state index >= 15 is 0 Å². The largest absolute Gasteiger partial charge is 0.378 e. The normalized spacial score (nSPS) is 10.6. The average molecular weight is 418 g/mol. The van der Waals surface area contributed by atoms with Crippen LogP contribution in [0.25, 0.3) is 5.69 Å². The number of aromatic nitrogens is 2. The molecule has 150 valence electrons. The Kier molecular flexibility index (Phi) is 6.08. The van der Waals surface area contributed by atoms with E-state index in [1.807, 2.05) is 0 Å². The van der Waals surface area contributed by atoms with Gasteiger partial charge in [0.15, 0.2) is 0 Å². The van der Waals surface area contributed by atoms with E-state index in [0.29, 0.717) is 17.1 Å². The highest BCUT2D eigenvalue weighted by molar-refractivity contribution is 6.33. The monoisotopic (exact) mass is 417 g/mol. The molecule has 0 unspecified atom stereocenters. The predicted octanol–water partition coefficient (Wildman–Crippen LogP) is 3.72. The summed E-state index contributed by atoms with van der Waals surface area (Å²) in [5, 5.41) is 21.0. The second kappa shape index (κ2) is 8.70. The first-order valence-electron chi connectivity index (χ1n) is 8.65. The summed E-state index contributed by atoms with van der Waals surface area (Å²) in [7, 11) is 0. The first-order valence-corrected chi connectivity index (χ1v) is 9.03. The molecule has 0 fully saturated rings. The van der Waals surface area contributed by atoms with Crippen LogP contribution in [0.3, 0.4) is 0 Å². The standard InChI is InChI=1S/C19H17ClFN5O3/c1-12-17(18(20)25(24-12)14-8-6-13(21)7-9-14)19(27)23-11-10-22-15-4-2-3-5-16(15)26(28)29/h2-9,22H,10-11H2,1H3,(H,23,27). The fourth-order valence-corrected chi connectivity index (χ4v) is 3.11. The lowest BCUT2D eigenvalue weighted by Gasteiger charge is -2.08. The summed E-state index contributed by atoms with van der Waals surface area (Å²) in [6.07, 6.45) is 0. The number of nitrogens with zero attached hydrogens (tertiary/aromatic N) is 3. The minimum Gasteiger partial charge on any atom is -0.378 e. The molecule has 8 nitrogen and oxygen atoms in total. The average Bonchev–Trinajstić information content (AvgIpc) is 3.00. The Balaban J connectivity index is 1.64. The molecule has 0 aliphatic rings. The summed E-state index contributed by atoms with van der Waals surface area (Å²) in [5.41, 5.74) is 1.48. The van der Waals surface area contributed by atoms with E-state index in [2.05, 4.69) is 15.7 Å². The van der Waals surface area contributed by atoms with Crippen LogP contribution in [-0.4, -0.2) is 33.7 Å². The van der Waals surface area contributed by atoms with E-state index < -0.39 is 16.6 Å². The third-order valence-electron chi connectivity index (χ3n) is 4.13. The van der Waals surface area contributed by atoms with Gasteiger partial charge in [0.2, 0.25) is 0 Å². The topological polar surface area (TPSA) is 102 Å². The SMILES string of the molecule is Cc1nn(-c2ccc(F)cc2)c(Cl)c1C(=O)NCCNc1ccccc1[N+](=O)[O-]. The fourth-order valence-electron chi connectivity index (χ4n) is 2.75. The Morgan fingerprint density at radius 2 is 1.90 bits per heavy atom. The van der Waals surface area contributed by atoms with E-state index in [1.165, 1.54) is 35.0 Å². The van der Waals surface area contributed by atoms with Crippen molar-refractivity contribution in [2.75, 3.05) is 18.4 Å². The lowest BCUT2D eigenvalue weighted by Crippen LogP contribution is -2.29. The number of carbonyl (C=O) groups excluding carboxylic acids is 1. The molecule has 2 aromatic carbocycles. The fraction of sp³-hybridized carbons (Fsp3) is 0.158. The van der Waals surface area contributed by atoms with E-state index in [4.69, 9.17) is 11.6 Å². The Morgan fingerprint density at radius 1 is 1.21 bits per heavy atom. The molecule has 3 aromatic rings. The summed E-state index contributed by atoms with van der Waals surface area (Å²) in [5.74, 6) is -0.817. The second-order valence-corrected chi connectivity index (χ2v) is 6.45. The molecule has 0 radical (unpaired) electrons. The number of rotatable bonds is 7. The van der Waals surface area contributed by atoms with Crippen LogP contribution in [0, 0.1) is 22.9 Å². The zero-order valence-electron chi connectivity index (χ0n) is 15.4. The van der Waals surface area contributed by atoms with E-state index in [-0.39, 0.29) is 29.5 Å². The van der Waals surface area contributed by atoms with Crippen LogP contribution >= 0.6 is 11.6 Å². The maximum atomic E-state index is 13.1. The molecule has 10 heteroatoms. The number of benzene rings is 2. The molecule has 0 bridgehead atoms. The minimum absolute atomic E-state index is 0.0433. The van der Waals surface area contributed by atoms with Gasteiger partial charge in [-0.05, 0) is 37.3 Å². The van der Waals surface area contributed by atoms with Gasteiger partial charge in [0, 0.05) is 19.2 Å². The molecule has 1 aromatic heterocycles. The van der Waals surface area contributed by atoms with Crippen molar-refractivity contribution in [1.29, 1.82) is 0 Å². The smallest absolute Gasteiger partial charge is 0.292 e. The van der Waals surface area contributed by atoms with Gasteiger partial charge in [-0.2, -0.15) is 5.10 Å².